The second-order valence-electron chi connectivity index (χ2n) is 4.85. The first kappa shape index (κ1) is 13.4. The first-order valence-electron chi connectivity index (χ1n) is 6.83. The molecule has 3 rings (SSSR count). The van der Waals surface area contributed by atoms with Gasteiger partial charge < -0.3 is 19.9 Å². The van der Waals surface area contributed by atoms with Crippen LogP contribution >= 0.6 is 0 Å². The number of phenols is 1. The lowest BCUT2D eigenvalue weighted by molar-refractivity contribution is 0.174. The van der Waals surface area contributed by atoms with E-state index in [2.05, 4.69) is 11.9 Å². The Morgan fingerprint density at radius 2 is 2.00 bits per heavy atom. The van der Waals surface area contributed by atoms with E-state index in [0.717, 1.165) is 23.5 Å². The summed E-state index contributed by atoms with van der Waals surface area (Å²) in [6, 6.07) is 13.0. The molecule has 1 aliphatic heterocycles. The van der Waals surface area contributed by atoms with Gasteiger partial charge in [-0.3, -0.25) is 0 Å². The van der Waals surface area contributed by atoms with E-state index in [4.69, 9.17) is 9.47 Å². The van der Waals surface area contributed by atoms with E-state index in [1.54, 1.807) is 12.1 Å². The van der Waals surface area contributed by atoms with Gasteiger partial charge >= 0.3 is 0 Å². The maximum Gasteiger partial charge on any atom is 0.231 e. The van der Waals surface area contributed by atoms with Crippen molar-refractivity contribution in [1.29, 1.82) is 0 Å². The van der Waals surface area contributed by atoms with Crippen LogP contribution in [0.15, 0.2) is 55.1 Å². The number of hydrogen-bond donors (Lipinski definition) is 2. The van der Waals surface area contributed by atoms with Gasteiger partial charge in [0.15, 0.2) is 11.5 Å². The molecule has 0 saturated carbocycles. The van der Waals surface area contributed by atoms with Crippen LogP contribution in [-0.4, -0.2) is 11.9 Å². The predicted molar refractivity (Wildman–Crippen MR) is 81.8 cm³/mol. The fraction of sp³-hybridized carbons (Fsp3) is 0.176. The Morgan fingerprint density at radius 1 is 1.19 bits per heavy atom. The largest absolute Gasteiger partial charge is 0.506 e. The van der Waals surface area contributed by atoms with Crippen LogP contribution in [-0.2, 0) is 0 Å². The van der Waals surface area contributed by atoms with Gasteiger partial charge in [0.1, 0.15) is 5.75 Å². The molecular formula is C17H17NO3. The third-order valence-electron chi connectivity index (χ3n) is 3.44. The van der Waals surface area contributed by atoms with Crippen molar-refractivity contribution in [2.45, 2.75) is 12.5 Å². The maximum atomic E-state index is 9.90. The summed E-state index contributed by atoms with van der Waals surface area (Å²) in [4.78, 5) is 0. The van der Waals surface area contributed by atoms with Crippen molar-refractivity contribution >= 4 is 5.69 Å². The van der Waals surface area contributed by atoms with Gasteiger partial charge in [-0.05, 0) is 36.2 Å². The van der Waals surface area contributed by atoms with E-state index in [1.165, 1.54) is 0 Å². The summed E-state index contributed by atoms with van der Waals surface area (Å²) < 4.78 is 10.7. The molecule has 0 spiro atoms. The highest BCUT2D eigenvalue weighted by atomic mass is 16.7. The number of fused-ring (bicyclic) bond motifs is 1. The van der Waals surface area contributed by atoms with E-state index in [0.29, 0.717) is 5.69 Å². The molecule has 0 fully saturated rings. The summed E-state index contributed by atoms with van der Waals surface area (Å²) in [5, 5.41) is 13.2. The van der Waals surface area contributed by atoms with Crippen LogP contribution in [0.4, 0.5) is 5.69 Å². The topological polar surface area (TPSA) is 50.7 Å². The highest BCUT2D eigenvalue weighted by Crippen LogP contribution is 2.36. The second kappa shape index (κ2) is 5.79. The Bertz CT molecular complexity index is 654. The van der Waals surface area contributed by atoms with E-state index < -0.39 is 0 Å². The molecule has 2 N–H and O–H groups in total. The van der Waals surface area contributed by atoms with Crippen molar-refractivity contribution in [2.24, 2.45) is 0 Å². The Kier molecular flexibility index (Phi) is 3.69. The molecule has 2 aromatic carbocycles. The predicted octanol–water partition coefficient (Wildman–Crippen LogP) is 3.85. The van der Waals surface area contributed by atoms with E-state index in [9.17, 15) is 5.11 Å². The summed E-state index contributed by atoms with van der Waals surface area (Å²) in [6.07, 6.45) is 2.58. The maximum absolute atomic E-state index is 9.90. The molecule has 21 heavy (non-hydrogen) atoms. The summed E-state index contributed by atoms with van der Waals surface area (Å²) in [6.45, 7) is 4.07. The normalized spacial score (nSPS) is 13.7. The Labute approximate surface area is 123 Å². The van der Waals surface area contributed by atoms with E-state index in [1.807, 2.05) is 36.4 Å². The number of benzene rings is 2. The van der Waals surface area contributed by atoms with Crippen LogP contribution in [0.2, 0.25) is 0 Å². The molecule has 1 heterocycles. The van der Waals surface area contributed by atoms with E-state index in [-0.39, 0.29) is 18.6 Å². The monoisotopic (exact) mass is 283 g/mol. The molecule has 0 bridgehead atoms. The SMILES string of the molecule is C=CCC(Nc1ccccc1O)c1ccc2c(c1)OCO2. The lowest BCUT2D eigenvalue weighted by Crippen LogP contribution is -2.10. The third-order valence-corrected chi connectivity index (χ3v) is 3.44. The minimum absolute atomic E-state index is 0.00491. The van der Waals surface area contributed by atoms with Crippen LogP contribution in [0.25, 0.3) is 0 Å². The molecule has 2 aromatic rings. The summed E-state index contributed by atoms with van der Waals surface area (Å²) in [7, 11) is 0. The lowest BCUT2D eigenvalue weighted by Gasteiger charge is -2.20. The van der Waals surface area contributed by atoms with Gasteiger partial charge in [-0.15, -0.1) is 6.58 Å². The van der Waals surface area contributed by atoms with Crippen molar-refractivity contribution in [2.75, 3.05) is 12.1 Å². The molecule has 4 heteroatoms. The Hall–Kier alpha value is -2.62. The Morgan fingerprint density at radius 3 is 2.81 bits per heavy atom. The molecule has 1 atom stereocenters. The number of anilines is 1. The molecule has 0 amide bonds. The van der Waals surface area contributed by atoms with Gasteiger partial charge in [-0.1, -0.05) is 24.3 Å². The number of ether oxygens (including phenoxy) is 2. The van der Waals surface area contributed by atoms with Crippen molar-refractivity contribution in [3.8, 4) is 17.2 Å². The summed E-state index contributed by atoms with van der Waals surface area (Å²) in [5.74, 6) is 1.74. The molecule has 0 aliphatic carbocycles. The molecule has 0 radical (unpaired) electrons. The standard InChI is InChI=1S/C17H17NO3/c1-2-5-13(18-14-6-3-4-7-15(14)19)12-8-9-16-17(10-12)21-11-20-16/h2-4,6-10,13,18-19H,1,5,11H2. The minimum Gasteiger partial charge on any atom is -0.506 e. The second-order valence-corrected chi connectivity index (χ2v) is 4.85. The number of para-hydroxylation sites is 2. The number of nitrogens with one attached hydrogen (secondary N) is 1. The van der Waals surface area contributed by atoms with Gasteiger partial charge in [0.2, 0.25) is 6.79 Å². The zero-order valence-electron chi connectivity index (χ0n) is 11.6. The van der Waals surface area contributed by atoms with Crippen molar-refractivity contribution in [3.05, 3.63) is 60.7 Å². The third kappa shape index (κ3) is 2.79. The van der Waals surface area contributed by atoms with Gasteiger partial charge in [0.05, 0.1) is 11.7 Å². The average Bonchev–Trinajstić information content (AvgIpc) is 2.96. The fourth-order valence-corrected chi connectivity index (χ4v) is 2.36. The highest BCUT2D eigenvalue weighted by molar-refractivity contribution is 5.57. The van der Waals surface area contributed by atoms with Crippen molar-refractivity contribution < 1.29 is 14.6 Å². The van der Waals surface area contributed by atoms with Crippen LogP contribution in [0.5, 0.6) is 17.2 Å². The summed E-state index contributed by atoms with van der Waals surface area (Å²) >= 11 is 0. The molecular weight excluding hydrogens is 266 g/mol. The molecule has 0 aromatic heterocycles. The van der Waals surface area contributed by atoms with Crippen molar-refractivity contribution in [1.82, 2.24) is 0 Å². The van der Waals surface area contributed by atoms with Crippen molar-refractivity contribution in [3.63, 3.8) is 0 Å². The number of phenolic OH excluding ortho intramolecular Hbond substituents is 1. The lowest BCUT2D eigenvalue weighted by atomic mass is 10.0. The molecule has 4 nitrogen and oxygen atoms in total. The molecule has 108 valence electrons. The van der Waals surface area contributed by atoms with Gasteiger partial charge in [0.25, 0.3) is 0 Å². The Balaban J connectivity index is 1.87. The van der Waals surface area contributed by atoms with Gasteiger partial charge in [0, 0.05) is 0 Å². The zero-order valence-corrected chi connectivity index (χ0v) is 11.6. The van der Waals surface area contributed by atoms with Crippen LogP contribution in [0.1, 0.15) is 18.0 Å². The molecule has 1 aliphatic rings. The highest BCUT2D eigenvalue weighted by Gasteiger charge is 2.18. The van der Waals surface area contributed by atoms with Crippen LogP contribution in [0.3, 0.4) is 0 Å². The summed E-state index contributed by atoms with van der Waals surface area (Å²) in [5.41, 5.74) is 1.75. The first-order valence-corrected chi connectivity index (χ1v) is 6.83. The van der Waals surface area contributed by atoms with Gasteiger partial charge in [-0.2, -0.15) is 0 Å². The molecule has 0 saturated heterocycles. The van der Waals surface area contributed by atoms with Crippen LogP contribution in [0, 0.1) is 0 Å². The smallest absolute Gasteiger partial charge is 0.231 e. The number of hydrogen-bond acceptors (Lipinski definition) is 4. The number of aromatic hydroxyl groups is 1. The number of rotatable bonds is 5. The van der Waals surface area contributed by atoms with Crippen LogP contribution < -0.4 is 14.8 Å². The molecule has 1 unspecified atom stereocenters. The van der Waals surface area contributed by atoms with E-state index >= 15 is 0 Å². The fourth-order valence-electron chi connectivity index (χ4n) is 2.36. The minimum atomic E-state index is 0.00491. The zero-order chi connectivity index (χ0) is 14.7. The first-order chi connectivity index (χ1) is 10.3. The quantitative estimate of drug-likeness (QED) is 0.646. The average molecular weight is 283 g/mol. The van der Waals surface area contributed by atoms with Gasteiger partial charge in [-0.25, -0.2) is 0 Å².